The summed E-state index contributed by atoms with van der Waals surface area (Å²) in [5, 5.41) is 3.72. The van der Waals surface area contributed by atoms with Crippen LogP contribution in [0.3, 0.4) is 0 Å². The first-order valence-electron chi connectivity index (χ1n) is 3.71. The van der Waals surface area contributed by atoms with Crippen LogP contribution in [0, 0.1) is 0 Å². The van der Waals surface area contributed by atoms with Crippen LogP contribution in [-0.2, 0) is 0 Å². The van der Waals surface area contributed by atoms with E-state index in [1.165, 1.54) is 0 Å². The summed E-state index contributed by atoms with van der Waals surface area (Å²) in [4.78, 5) is 14.4. The van der Waals surface area contributed by atoms with E-state index >= 15 is 0 Å². The third kappa shape index (κ3) is 2.90. The molecule has 1 aromatic heterocycles. The van der Waals surface area contributed by atoms with Crippen molar-refractivity contribution < 1.29 is 4.79 Å². The van der Waals surface area contributed by atoms with Crippen molar-refractivity contribution in [2.75, 3.05) is 0 Å². The zero-order chi connectivity index (χ0) is 9.68. The Kier molecular flexibility index (Phi) is 2.97. The molecule has 0 bridgehead atoms. The number of hydrazone groups is 1. The fraction of sp³-hybridized carbons (Fsp3) is 0.125. The topological polar surface area (TPSA) is 80.4 Å². The molecule has 0 aliphatic carbocycles. The van der Waals surface area contributed by atoms with Crippen molar-refractivity contribution in [2.24, 2.45) is 10.8 Å². The van der Waals surface area contributed by atoms with Crippen molar-refractivity contribution in [3.8, 4) is 0 Å². The molecule has 0 radical (unpaired) electrons. The van der Waals surface area contributed by atoms with Crippen molar-refractivity contribution in [3.63, 3.8) is 0 Å². The van der Waals surface area contributed by atoms with Crippen molar-refractivity contribution in [2.45, 2.75) is 6.92 Å². The van der Waals surface area contributed by atoms with Crippen LogP contribution in [0.5, 0.6) is 0 Å². The number of nitrogens with one attached hydrogen (secondary N) is 1. The van der Waals surface area contributed by atoms with E-state index in [2.05, 4.69) is 15.5 Å². The molecule has 0 fully saturated rings. The van der Waals surface area contributed by atoms with E-state index in [9.17, 15) is 4.79 Å². The van der Waals surface area contributed by atoms with Crippen LogP contribution in [0.2, 0.25) is 0 Å². The van der Waals surface area contributed by atoms with E-state index in [1.807, 2.05) is 6.07 Å². The van der Waals surface area contributed by atoms with Gasteiger partial charge in [-0.2, -0.15) is 5.10 Å². The molecule has 68 valence electrons. The predicted molar refractivity (Wildman–Crippen MR) is 49.2 cm³/mol. The van der Waals surface area contributed by atoms with Crippen molar-refractivity contribution in [3.05, 3.63) is 30.1 Å². The molecule has 13 heavy (non-hydrogen) atoms. The molecule has 0 aliphatic heterocycles. The number of hydrogen-bond acceptors (Lipinski definition) is 3. The normalized spacial score (nSPS) is 11.0. The summed E-state index contributed by atoms with van der Waals surface area (Å²) in [5.74, 6) is 0. The number of aromatic nitrogens is 1. The summed E-state index contributed by atoms with van der Waals surface area (Å²) >= 11 is 0. The van der Waals surface area contributed by atoms with Gasteiger partial charge in [0, 0.05) is 6.20 Å². The monoisotopic (exact) mass is 178 g/mol. The van der Waals surface area contributed by atoms with Crippen LogP contribution in [0.25, 0.3) is 0 Å². The molecule has 5 nitrogen and oxygen atoms in total. The van der Waals surface area contributed by atoms with Gasteiger partial charge in [0.1, 0.15) is 0 Å². The fourth-order valence-corrected chi connectivity index (χ4v) is 0.773. The van der Waals surface area contributed by atoms with Gasteiger partial charge in [-0.25, -0.2) is 10.2 Å². The molecule has 3 N–H and O–H groups in total. The number of rotatable bonds is 2. The number of nitrogens with zero attached hydrogens (tertiary/aromatic N) is 2. The van der Waals surface area contributed by atoms with Crippen LogP contribution in [-0.4, -0.2) is 16.7 Å². The molecular weight excluding hydrogens is 168 g/mol. The highest BCUT2D eigenvalue weighted by Gasteiger charge is 1.96. The standard InChI is InChI=1S/C8H10N4O/c1-6(11-12-8(9)13)7-4-2-3-5-10-7/h2-5H,1H3,(H3,9,12,13)/b11-6+. The van der Waals surface area contributed by atoms with E-state index in [4.69, 9.17) is 5.73 Å². The maximum Gasteiger partial charge on any atom is 0.332 e. The molecule has 5 heteroatoms. The Morgan fingerprint density at radius 2 is 2.38 bits per heavy atom. The highest BCUT2D eigenvalue weighted by molar-refractivity contribution is 5.97. The smallest absolute Gasteiger partial charge is 0.332 e. The minimum atomic E-state index is -0.685. The third-order valence-electron chi connectivity index (χ3n) is 1.37. The van der Waals surface area contributed by atoms with Crippen LogP contribution in [0.15, 0.2) is 29.5 Å². The summed E-state index contributed by atoms with van der Waals surface area (Å²) in [6.45, 7) is 1.73. The second kappa shape index (κ2) is 4.20. The van der Waals surface area contributed by atoms with Gasteiger partial charge in [-0.15, -0.1) is 0 Å². The maximum absolute atomic E-state index is 10.3. The average molecular weight is 178 g/mol. The minimum absolute atomic E-state index is 0.611. The van der Waals surface area contributed by atoms with Gasteiger partial charge in [-0.3, -0.25) is 4.98 Å². The molecular formula is C8H10N4O. The van der Waals surface area contributed by atoms with Crippen LogP contribution in [0.4, 0.5) is 4.79 Å². The molecule has 0 aromatic carbocycles. The first-order valence-corrected chi connectivity index (χ1v) is 3.71. The fourth-order valence-electron chi connectivity index (χ4n) is 0.773. The average Bonchev–Trinajstić information content (AvgIpc) is 2.15. The lowest BCUT2D eigenvalue weighted by Crippen LogP contribution is -2.25. The maximum atomic E-state index is 10.3. The van der Waals surface area contributed by atoms with Gasteiger partial charge in [-0.1, -0.05) is 6.07 Å². The zero-order valence-corrected chi connectivity index (χ0v) is 7.19. The Bertz CT molecular complexity index is 320. The molecule has 0 saturated carbocycles. The number of urea groups is 1. The van der Waals surface area contributed by atoms with Gasteiger partial charge in [0.2, 0.25) is 0 Å². The predicted octanol–water partition coefficient (Wildman–Crippen LogP) is 0.474. The Morgan fingerprint density at radius 1 is 1.62 bits per heavy atom. The van der Waals surface area contributed by atoms with E-state index in [0.29, 0.717) is 11.4 Å². The Hall–Kier alpha value is -1.91. The molecule has 0 atom stereocenters. The van der Waals surface area contributed by atoms with E-state index in [1.54, 1.807) is 25.3 Å². The lowest BCUT2D eigenvalue weighted by atomic mass is 10.3. The van der Waals surface area contributed by atoms with Crippen molar-refractivity contribution >= 4 is 11.7 Å². The third-order valence-corrected chi connectivity index (χ3v) is 1.37. The van der Waals surface area contributed by atoms with Gasteiger partial charge >= 0.3 is 6.03 Å². The SMILES string of the molecule is C/C(=N\NC(N)=O)c1ccccn1. The summed E-state index contributed by atoms with van der Waals surface area (Å²) in [7, 11) is 0. The first-order chi connectivity index (χ1) is 6.20. The Balaban J connectivity index is 2.73. The van der Waals surface area contributed by atoms with Gasteiger partial charge < -0.3 is 5.73 Å². The van der Waals surface area contributed by atoms with Crippen molar-refractivity contribution in [1.82, 2.24) is 10.4 Å². The Morgan fingerprint density at radius 3 is 2.92 bits per heavy atom. The van der Waals surface area contributed by atoms with Gasteiger partial charge in [-0.05, 0) is 19.1 Å². The van der Waals surface area contributed by atoms with Crippen LogP contribution >= 0.6 is 0 Å². The first kappa shape index (κ1) is 9.18. The van der Waals surface area contributed by atoms with Crippen LogP contribution in [0.1, 0.15) is 12.6 Å². The quantitative estimate of drug-likeness (QED) is 0.510. The van der Waals surface area contributed by atoms with E-state index in [-0.39, 0.29) is 0 Å². The molecule has 0 saturated heterocycles. The highest BCUT2D eigenvalue weighted by atomic mass is 16.2. The lowest BCUT2D eigenvalue weighted by Gasteiger charge is -1.98. The highest BCUT2D eigenvalue weighted by Crippen LogP contribution is 1.94. The van der Waals surface area contributed by atoms with Gasteiger partial charge in [0.15, 0.2) is 0 Å². The molecule has 0 spiro atoms. The van der Waals surface area contributed by atoms with Crippen LogP contribution < -0.4 is 11.2 Å². The molecule has 0 aliphatic rings. The summed E-state index contributed by atoms with van der Waals surface area (Å²) in [6, 6.07) is 4.75. The van der Waals surface area contributed by atoms with Crippen molar-refractivity contribution in [1.29, 1.82) is 0 Å². The number of amides is 2. The molecule has 2 amide bonds. The Labute approximate surface area is 75.7 Å². The van der Waals surface area contributed by atoms with E-state index < -0.39 is 6.03 Å². The summed E-state index contributed by atoms with van der Waals surface area (Å²) in [6.07, 6.45) is 1.65. The number of nitrogens with two attached hydrogens (primary N) is 1. The number of carbonyl (C=O) groups is 1. The minimum Gasteiger partial charge on any atom is -0.350 e. The second-order valence-corrected chi connectivity index (χ2v) is 2.39. The second-order valence-electron chi connectivity index (χ2n) is 2.39. The summed E-state index contributed by atoms with van der Waals surface area (Å²) in [5.41, 5.74) is 8.29. The largest absolute Gasteiger partial charge is 0.350 e. The number of pyridine rings is 1. The number of hydrogen-bond donors (Lipinski definition) is 2. The van der Waals surface area contributed by atoms with Gasteiger partial charge in [0.25, 0.3) is 0 Å². The van der Waals surface area contributed by atoms with E-state index in [0.717, 1.165) is 0 Å². The zero-order valence-electron chi connectivity index (χ0n) is 7.19. The lowest BCUT2D eigenvalue weighted by molar-refractivity contribution is 0.249. The molecule has 1 heterocycles. The number of primary amides is 1. The molecule has 1 aromatic rings. The number of carbonyl (C=O) groups excluding carboxylic acids is 1. The molecule has 1 rings (SSSR count). The van der Waals surface area contributed by atoms with Gasteiger partial charge in [0.05, 0.1) is 11.4 Å². The molecule has 0 unspecified atom stereocenters. The summed E-state index contributed by atoms with van der Waals surface area (Å²) < 4.78 is 0.